The molecule has 10 nitrogen and oxygen atoms in total. The molecule has 0 fully saturated rings. The average Bonchev–Trinajstić information content (AvgIpc) is 2.84. The predicted molar refractivity (Wildman–Crippen MR) is 131 cm³/mol. The van der Waals surface area contributed by atoms with Crippen molar-refractivity contribution in [1.82, 2.24) is 10.2 Å². The molecule has 1 heterocycles. The summed E-state index contributed by atoms with van der Waals surface area (Å²) in [5.41, 5.74) is 1.53. The number of carbonyl (C=O) groups is 2. The van der Waals surface area contributed by atoms with E-state index in [2.05, 4.69) is 20.8 Å². The van der Waals surface area contributed by atoms with E-state index in [0.29, 0.717) is 16.9 Å². The van der Waals surface area contributed by atoms with Crippen molar-refractivity contribution in [2.24, 2.45) is 0 Å². The Morgan fingerprint density at radius 2 is 1.66 bits per heavy atom. The number of nitrogens with one attached hydrogen (secondary N) is 3. The summed E-state index contributed by atoms with van der Waals surface area (Å²) in [6, 6.07) is 19.7. The molecule has 4 rings (SSSR count). The highest BCUT2D eigenvalue weighted by Crippen LogP contribution is 2.25. The summed E-state index contributed by atoms with van der Waals surface area (Å²) < 4.78 is 0. The maximum Gasteiger partial charge on any atom is 0.270 e. The summed E-state index contributed by atoms with van der Waals surface area (Å²) in [5.74, 6) is -1.11. The predicted octanol–water partition coefficient (Wildman–Crippen LogP) is 4.50. The number of H-pyrrole nitrogens is 1. The van der Waals surface area contributed by atoms with Gasteiger partial charge < -0.3 is 10.6 Å². The highest BCUT2D eigenvalue weighted by molar-refractivity contribution is 6.34. The summed E-state index contributed by atoms with van der Waals surface area (Å²) in [5, 5.41) is 22.5. The normalized spacial score (nSPS) is 10.4. The quantitative estimate of drug-likeness (QED) is 0.268. The lowest BCUT2D eigenvalue weighted by Crippen LogP contribution is -2.18. The van der Waals surface area contributed by atoms with Gasteiger partial charge in [0.05, 0.1) is 32.5 Å². The number of anilines is 2. The van der Waals surface area contributed by atoms with E-state index in [9.17, 15) is 24.5 Å². The highest BCUT2D eigenvalue weighted by Gasteiger charge is 2.18. The largest absolute Gasteiger partial charge is 0.322 e. The molecule has 1 aromatic heterocycles. The van der Waals surface area contributed by atoms with Gasteiger partial charge in [-0.05, 0) is 36.4 Å². The lowest BCUT2D eigenvalue weighted by Gasteiger charge is -2.12. The molecular formula is C24H16ClN5O5. The Kier molecular flexibility index (Phi) is 6.65. The molecule has 0 aliphatic carbocycles. The van der Waals surface area contributed by atoms with E-state index in [1.807, 2.05) is 0 Å². The zero-order valence-electron chi connectivity index (χ0n) is 17.8. The number of benzene rings is 3. The maximum atomic E-state index is 13.0. The molecule has 0 aliphatic rings. The number of amides is 2. The van der Waals surface area contributed by atoms with Crippen LogP contribution in [0, 0.1) is 10.1 Å². The van der Waals surface area contributed by atoms with Gasteiger partial charge in [-0.15, -0.1) is 0 Å². The molecule has 0 atom stereocenters. The van der Waals surface area contributed by atoms with Crippen LogP contribution >= 0.6 is 11.6 Å². The third-order valence-corrected chi connectivity index (χ3v) is 5.24. The van der Waals surface area contributed by atoms with Gasteiger partial charge in [0.2, 0.25) is 0 Å². The number of nitro groups is 1. The fourth-order valence-electron chi connectivity index (χ4n) is 3.24. The van der Waals surface area contributed by atoms with Gasteiger partial charge in [-0.2, -0.15) is 5.10 Å². The number of hydrogen-bond donors (Lipinski definition) is 3. The van der Waals surface area contributed by atoms with Gasteiger partial charge in [0.15, 0.2) is 0 Å². The zero-order valence-corrected chi connectivity index (χ0v) is 18.6. The number of hydrogen-bond acceptors (Lipinski definition) is 6. The molecule has 35 heavy (non-hydrogen) atoms. The smallest absolute Gasteiger partial charge is 0.270 e. The van der Waals surface area contributed by atoms with Crippen LogP contribution in [0.25, 0.3) is 11.3 Å². The van der Waals surface area contributed by atoms with Gasteiger partial charge in [-0.1, -0.05) is 35.9 Å². The van der Waals surface area contributed by atoms with E-state index in [0.717, 1.165) is 6.07 Å². The average molecular weight is 490 g/mol. The van der Waals surface area contributed by atoms with Gasteiger partial charge >= 0.3 is 0 Å². The first-order valence-corrected chi connectivity index (χ1v) is 10.5. The van der Waals surface area contributed by atoms with Crippen LogP contribution in [0.1, 0.15) is 20.7 Å². The van der Waals surface area contributed by atoms with Gasteiger partial charge in [0.1, 0.15) is 0 Å². The molecule has 0 aliphatic heterocycles. The lowest BCUT2D eigenvalue weighted by atomic mass is 10.1. The van der Waals surface area contributed by atoms with Crippen molar-refractivity contribution in [2.45, 2.75) is 0 Å². The minimum absolute atomic E-state index is 0.0218. The topological polar surface area (TPSA) is 147 Å². The van der Waals surface area contributed by atoms with Crippen molar-refractivity contribution in [2.75, 3.05) is 10.6 Å². The van der Waals surface area contributed by atoms with Crippen LogP contribution in [-0.2, 0) is 0 Å². The number of nitro benzene ring substituents is 1. The molecule has 0 bridgehead atoms. The molecule has 0 spiro atoms. The first-order chi connectivity index (χ1) is 16.8. The number of non-ortho nitro benzene ring substituents is 1. The first-order valence-electron chi connectivity index (χ1n) is 10.1. The van der Waals surface area contributed by atoms with Gasteiger partial charge in [0, 0.05) is 29.4 Å². The van der Waals surface area contributed by atoms with Crippen molar-refractivity contribution in [3.8, 4) is 11.3 Å². The monoisotopic (exact) mass is 489 g/mol. The SMILES string of the molecule is O=C(Nc1ccccc1C(=O)Nc1cccc(-c2ccc(=O)[nH]n2)c1)c1ccc([N+](=O)[O-])cc1Cl. The Hall–Kier alpha value is -4.83. The van der Waals surface area contributed by atoms with Crippen LogP contribution in [0.4, 0.5) is 17.1 Å². The molecule has 3 N–H and O–H groups in total. The fourth-order valence-corrected chi connectivity index (χ4v) is 3.50. The second kappa shape index (κ2) is 9.98. The van der Waals surface area contributed by atoms with Crippen LogP contribution in [-0.4, -0.2) is 26.9 Å². The van der Waals surface area contributed by atoms with Crippen molar-refractivity contribution < 1.29 is 14.5 Å². The number of carbonyl (C=O) groups excluding carboxylic acids is 2. The summed E-state index contributed by atoms with van der Waals surface area (Å²) in [7, 11) is 0. The minimum atomic E-state index is -0.628. The Bertz CT molecular complexity index is 1500. The third kappa shape index (κ3) is 5.40. The lowest BCUT2D eigenvalue weighted by molar-refractivity contribution is -0.384. The van der Waals surface area contributed by atoms with Crippen LogP contribution in [0.15, 0.2) is 83.7 Å². The van der Waals surface area contributed by atoms with E-state index in [1.54, 1.807) is 48.5 Å². The first kappa shape index (κ1) is 23.3. The fraction of sp³-hybridized carbons (Fsp3) is 0. The van der Waals surface area contributed by atoms with E-state index >= 15 is 0 Å². The Labute approximate surface area is 202 Å². The van der Waals surface area contributed by atoms with E-state index < -0.39 is 16.7 Å². The number of aromatic nitrogens is 2. The van der Waals surface area contributed by atoms with Gasteiger partial charge in [-0.3, -0.25) is 24.5 Å². The molecule has 0 unspecified atom stereocenters. The summed E-state index contributed by atoms with van der Waals surface area (Å²) >= 11 is 6.05. The van der Waals surface area contributed by atoms with Crippen LogP contribution in [0.3, 0.4) is 0 Å². The van der Waals surface area contributed by atoms with Gasteiger partial charge in [-0.25, -0.2) is 5.10 Å². The van der Waals surface area contributed by atoms with E-state index in [-0.39, 0.29) is 33.1 Å². The summed E-state index contributed by atoms with van der Waals surface area (Å²) in [6.45, 7) is 0. The van der Waals surface area contributed by atoms with Crippen molar-refractivity contribution in [3.05, 3.63) is 115 Å². The van der Waals surface area contributed by atoms with Crippen LogP contribution in [0.5, 0.6) is 0 Å². The summed E-state index contributed by atoms with van der Waals surface area (Å²) in [6.07, 6.45) is 0. The number of aromatic amines is 1. The van der Waals surface area contributed by atoms with Crippen molar-refractivity contribution >= 4 is 40.5 Å². The van der Waals surface area contributed by atoms with Crippen LogP contribution in [0.2, 0.25) is 5.02 Å². The second-order valence-electron chi connectivity index (χ2n) is 7.26. The van der Waals surface area contributed by atoms with E-state index in [1.165, 1.54) is 24.3 Å². The molecule has 0 radical (unpaired) electrons. The molecule has 174 valence electrons. The summed E-state index contributed by atoms with van der Waals surface area (Å²) in [4.78, 5) is 47.3. The molecule has 4 aromatic rings. The van der Waals surface area contributed by atoms with Crippen molar-refractivity contribution in [1.29, 1.82) is 0 Å². The standard InChI is InChI=1S/C24H16ClN5O5/c25-19-13-16(30(34)35)8-9-17(19)23(32)27-21-7-2-1-6-18(21)24(33)26-15-5-3-4-14(12-15)20-10-11-22(31)29-28-20/h1-13H,(H,26,33)(H,27,32)(H,29,31). The molecular weight excluding hydrogens is 474 g/mol. The maximum absolute atomic E-state index is 13.0. The van der Waals surface area contributed by atoms with Gasteiger partial charge in [0.25, 0.3) is 23.1 Å². The molecule has 2 amide bonds. The number of halogens is 1. The zero-order chi connectivity index (χ0) is 24.9. The van der Waals surface area contributed by atoms with Crippen LogP contribution < -0.4 is 16.2 Å². The Balaban J connectivity index is 1.54. The number of para-hydroxylation sites is 1. The van der Waals surface area contributed by atoms with E-state index in [4.69, 9.17) is 11.6 Å². The second-order valence-corrected chi connectivity index (χ2v) is 7.67. The number of rotatable bonds is 6. The van der Waals surface area contributed by atoms with Crippen molar-refractivity contribution in [3.63, 3.8) is 0 Å². The third-order valence-electron chi connectivity index (χ3n) is 4.92. The highest BCUT2D eigenvalue weighted by atomic mass is 35.5. The molecule has 3 aromatic carbocycles. The molecule has 0 saturated carbocycles. The Morgan fingerprint density at radius 1 is 0.886 bits per heavy atom. The molecule has 11 heteroatoms. The minimum Gasteiger partial charge on any atom is -0.322 e. The Morgan fingerprint density at radius 3 is 2.37 bits per heavy atom. The number of nitrogens with zero attached hydrogens (tertiary/aromatic N) is 2. The molecule has 0 saturated heterocycles.